The molecule has 1 heterocycles. The molecule has 0 saturated carbocycles. The first-order valence-electron chi connectivity index (χ1n) is 6.40. The number of nitrogens with two attached hydrogens (primary N) is 1. The number of hydrogen-bond donors (Lipinski definition) is 1. The number of ether oxygens (including phenoxy) is 2. The van der Waals surface area contributed by atoms with Gasteiger partial charge in [-0.2, -0.15) is 0 Å². The first kappa shape index (κ1) is 15.4. The lowest BCUT2D eigenvalue weighted by atomic mass is 10.1. The zero-order valence-electron chi connectivity index (χ0n) is 11.9. The SMILES string of the molecule is COCCn1c(-c2cc(Cl)ccc2OC)ccc(N)c1=O. The van der Waals surface area contributed by atoms with Crippen LogP contribution in [0.2, 0.25) is 5.02 Å². The number of nitrogen functional groups attached to an aromatic ring is 1. The first-order chi connectivity index (χ1) is 10.1. The molecule has 2 aromatic rings. The highest BCUT2D eigenvalue weighted by atomic mass is 35.5. The lowest BCUT2D eigenvalue weighted by molar-refractivity contribution is 0.186. The second-order valence-electron chi connectivity index (χ2n) is 4.47. The van der Waals surface area contributed by atoms with E-state index >= 15 is 0 Å². The van der Waals surface area contributed by atoms with Crippen LogP contribution in [0.25, 0.3) is 11.3 Å². The van der Waals surface area contributed by atoms with Gasteiger partial charge in [-0.1, -0.05) is 11.6 Å². The molecule has 21 heavy (non-hydrogen) atoms. The highest BCUT2D eigenvalue weighted by Crippen LogP contribution is 2.32. The number of rotatable bonds is 5. The minimum absolute atomic E-state index is 0.191. The molecule has 0 radical (unpaired) electrons. The molecule has 0 bridgehead atoms. The normalized spacial score (nSPS) is 10.6. The molecule has 0 atom stereocenters. The molecule has 1 aromatic heterocycles. The third kappa shape index (κ3) is 3.20. The Kier molecular flexibility index (Phi) is 4.88. The zero-order chi connectivity index (χ0) is 15.4. The highest BCUT2D eigenvalue weighted by Gasteiger charge is 2.13. The van der Waals surface area contributed by atoms with Crippen molar-refractivity contribution in [3.8, 4) is 17.0 Å². The predicted molar refractivity (Wildman–Crippen MR) is 84.0 cm³/mol. The fraction of sp³-hybridized carbons (Fsp3) is 0.267. The number of hydrogen-bond acceptors (Lipinski definition) is 4. The smallest absolute Gasteiger partial charge is 0.274 e. The minimum atomic E-state index is -0.258. The third-order valence-electron chi connectivity index (χ3n) is 3.16. The second kappa shape index (κ2) is 6.65. The zero-order valence-corrected chi connectivity index (χ0v) is 12.7. The Morgan fingerprint density at radius 3 is 2.67 bits per heavy atom. The van der Waals surface area contributed by atoms with Gasteiger partial charge in [0, 0.05) is 24.2 Å². The Labute approximate surface area is 127 Å². The molecule has 0 fully saturated rings. The number of halogens is 1. The molecule has 5 nitrogen and oxygen atoms in total. The van der Waals surface area contributed by atoms with E-state index in [0.717, 1.165) is 5.56 Å². The van der Waals surface area contributed by atoms with E-state index in [2.05, 4.69) is 0 Å². The van der Waals surface area contributed by atoms with Crippen LogP contribution in [0.1, 0.15) is 0 Å². The van der Waals surface area contributed by atoms with Crippen molar-refractivity contribution in [3.05, 3.63) is 45.7 Å². The summed E-state index contributed by atoms with van der Waals surface area (Å²) in [5, 5.41) is 0.563. The van der Waals surface area contributed by atoms with Crippen molar-refractivity contribution in [2.75, 3.05) is 26.6 Å². The van der Waals surface area contributed by atoms with Gasteiger partial charge < -0.3 is 19.8 Å². The van der Waals surface area contributed by atoms with E-state index in [1.54, 1.807) is 49.1 Å². The summed E-state index contributed by atoms with van der Waals surface area (Å²) in [5.41, 5.74) is 7.06. The lowest BCUT2D eigenvalue weighted by Crippen LogP contribution is -2.26. The fourth-order valence-corrected chi connectivity index (χ4v) is 2.29. The van der Waals surface area contributed by atoms with Crippen molar-refractivity contribution in [2.24, 2.45) is 0 Å². The summed E-state index contributed by atoms with van der Waals surface area (Å²) in [6.45, 7) is 0.796. The molecule has 0 aliphatic heterocycles. The van der Waals surface area contributed by atoms with Gasteiger partial charge in [-0.3, -0.25) is 4.79 Å². The summed E-state index contributed by atoms with van der Waals surface area (Å²) in [6.07, 6.45) is 0. The maximum absolute atomic E-state index is 12.3. The summed E-state index contributed by atoms with van der Waals surface area (Å²) in [4.78, 5) is 12.3. The number of nitrogens with zero attached hydrogens (tertiary/aromatic N) is 1. The number of pyridine rings is 1. The van der Waals surface area contributed by atoms with E-state index in [9.17, 15) is 4.79 Å². The number of methoxy groups -OCH3 is 2. The van der Waals surface area contributed by atoms with Gasteiger partial charge in [0.15, 0.2) is 0 Å². The minimum Gasteiger partial charge on any atom is -0.496 e. The molecule has 0 aliphatic carbocycles. The summed E-state index contributed by atoms with van der Waals surface area (Å²) in [6, 6.07) is 8.62. The Morgan fingerprint density at radius 1 is 1.24 bits per heavy atom. The van der Waals surface area contributed by atoms with Crippen molar-refractivity contribution >= 4 is 17.3 Å². The van der Waals surface area contributed by atoms with Gasteiger partial charge in [0.25, 0.3) is 5.56 Å². The van der Waals surface area contributed by atoms with Crippen molar-refractivity contribution in [1.29, 1.82) is 0 Å². The topological polar surface area (TPSA) is 66.5 Å². The third-order valence-corrected chi connectivity index (χ3v) is 3.40. The molecule has 0 saturated heterocycles. The van der Waals surface area contributed by atoms with Gasteiger partial charge in [-0.25, -0.2) is 0 Å². The Morgan fingerprint density at radius 2 is 2.00 bits per heavy atom. The number of anilines is 1. The summed E-state index contributed by atoms with van der Waals surface area (Å²) in [7, 11) is 3.15. The van der Waals surface area contributed by atoms with Crippen LogP contribution in [0, 0.1) is 0 Å². The van der Waals surface area contributed by atoms with Crippen LogP contribution in [-0.2, 0) is 11.3 Å². The molecule has 2 rings (SSSR count). The molecule has 112 valence electrons. The van der Waals surface area contributed by atoms with Crippen LogP contribution in [-0.4, -0.2) is 25.4 Å². The molecule has 0 amide bonds. The van der Waals surface area contributed by atoms with Crippen LogP contribution < -0.4 is 16.0 Å². The Hall–Kier alpha value is -1.98. The van der Waals surface area contributed by atoms with Crippen LogP contribution in [0.4, 0.5) is 5.69 Å². The van der Waals surface area contributed by atoms with Gasteiger partial charge in [0.1, 0.15) is 5.75 Å². The molecule has 0 unspecified atom stereocenters. The van der Waals surface area contributed by atoms with Crippen molar-refractivity contribution in [3.63, 3.8) is 0 Å². The average Bonchev–Trinajstić information content (AvgIpc) is 2.48. The second-order valence-corrected chi connectivity index (χ2v) is 4.90. The number of aromatic nitrogens is 1. The largest absolute Gasteiger partial charge is 0.496 e. The van der Waals surface area contributed by atoms with Gasteiger partial charge in [0.2, 0.25) is 0 Å². The molecule has 2 N–H and O–H groups in total. The van der Waals surface area contributed by atoms with E-state index in [1.807, 2.05) is 0 Å². The van der Waals surface area contributed by atoms with Crippen LogP contribution in [0.5, 0.6) is 5.75 Å². The van der Waals surface area contributed by atoms with E-state index in [4.69, 9.17) is 26.8 Å². The maximum Gasteiger partial charge on any atom is 0.274 e. The molecule has 1 aromatic carbocycles. The van der Waals surface area contributed by atoms with Crippen LogP contribution >= 0.6 is 11.6 Å². The molecular formula is C15H17ClN2O3. The first-order valence-corrected chi connectivity index (χ1v) is 6.78. The van der Waals surface area contributed by atoms with E-state index < -0.39 is 0 Å². The van der Waals surface area contributed by atoms with Crippen molar-refractivity contribution in [2.45, 2.75) is 6.54 Å². The average molecular weight is 309 g/mol. The highest BCUT2D eigenvalue weighted by molar-refractivity contribution is 6.30. The lowest BCUT2D eigenvalue weighted by Gasteiger charge is -2.16. The van der Waals surface area contributed by atoms with Gasteiger partial charge in [0.05, 0.1) is 25.1 Å². The van der Waals surface area contributed by atoms with E-state index in [0.29, 0.717) is 29.6 Å². The maximum atomic E-state index is 12.3. The monoisotopic (exact) mass is 308 g/mol. The van der Waals surface area contributed by atoms with Gasteiger partial charge in [-0.05, 0) is 30.3 Å². The van der Waals surface area contributed by atoms with Crippen LogP contribution in [0.3, 0.4) is 0 Å². The predicted octanol–water partition coefficient (Wildman–Crippen LogP) is 2.41. The van der Waals surface area contributed by atoms with Gasteiger partial charge in [-0.15, -0.1) is 0 Å². The van der Waals surface area contributed by atoms with Crippen molar-refractivity contribution in [1.82, 2.24) is 4.57 Å². The summed E-state index contributed by atoms with van der Waals surface area (Å²) in [5.74, 6) is 0.634. The summed E-state index contributed by atoms with van der Waals surface area (Å²) >= 11 is 6.06. The molecule has 0 aliphatic rings. The Bertz CT molecular complexity index is 698. The quantitative estimate of drug-likeness (QED) is 0.921. The van der Waals surface area contributed by atoms with Gasteiger partial charge >= 0.3 is 0 Å². The van der Waals surface area contributed by atoms with E-state index in [1.165, 1.54) is 0 Å². The van der Waals surface area contributed by atoms with E-state index in [-0.39, 0.29) is 11.2 Å². The Balaban J connectivity index is 2.66. The van der Waals surface area contributed by atoms with Crippen LogP contribution in [0.15, 0.2) is 35.1 Å². The molecule has 6 heteroatoms. The standard InChI is InChI=1S/C15H17ClN2O3/c1-20-8-7-18-13(5-4-12(17)15(18)19)11-9-10(16)3-6-14(11)21-2/h3-6,9H,7-8,17H2,1-2H3. The molecular weight excluding hydrogens is 292 g/mol. The summed E-state index contributed by atoms with van der Waals surface area (Å²) < 4.78 is 12.0. The number of benzene rings is 1. The molecule has 0 spiro atoms. The fourth-order valence-electron chi connectivity index (χ4n) is 2.12. The van der Waals surface area contributed by atoms with Crippen molar-refractivity contribution < 1.29 is 9.47 Å².